The van der Waals surface area contributed by atoms with E-state index in [1.54, 1.807) is 0 Å². The number of halogens is 1. The van der Waals surface area contributed by atoms with Crippen LogP contribution >= 0.6 is 11.6 Å². The highest BCUT2D eigenvalue weighted by molar-refractivity contribution is 6.31. The lowest BCUT2D eigenvalue weighted by Crippen LogP contribution is -2.32. The van der Waals surface area contributed by atoms with E-state index in [4.69, 9.17) is 16.3 Å². The number of benzene rings is 1. The van der Waals surface area contributed by atoms with E-state index >= 15 is 0 Å². The van der Waals surface area contributed by atoms with Crippen LogP contribution in [-0.4, -0.2) is 17.3 Å². The Morgan fingerprint density at radius 1 is 1.32 bits per heavy atom. The molecule has 1 aromatic carbocycles. The molecule has 2 rings (SSSR count). The molecule has 0 saturated heterocycles. The molecular formula is C16H23ClO2. The highest BCUT2D eigenvalue weighted by Gasteiger charge is 2.32. The smallest absolute Gasteiger partial charge is 0.122 e. The van der Waals surface area contributed by atoms with Crippen LogP contribution in [0.5, 0.6) is 5.75 Å². The largest absolute Gasteiger partial charge is 0.490 e. The maximum absolute atomic E-state index is 10.3. The predicted molar refractivity (Wildman–Crippen MR) is 79.2 cm³/mol. The van der Waals surface area contributed by atoms with Crippen LogP contribution < -0.4 is 4.74 Å². The summed E-state index contributed by atoms with van der Waals surface area (Å²) in [7, 11) is 0. The van der Waals surface area contributed by atoms with E-state index in [2.05, 4.69) is 13.8 Å². The van der Waals surface area contributed by atoms with Crippen LogP contribution in [0.3, 0.4) is 0 Å². The molecule has 19 heavy (non-hydrogen) atoms. The Morgan fingerprint density at radius 3 is 2.53 bits per heavy atom. The maximum atomic E-state index is 10.3. The molecule has 1 aromatic rings. The monoisotopic (exact) mass is 282 g/mol. The van der Waals surface area contributed by atoms with Gasteiger partial charge in [-0.2, -0.15) is 0 Å². The summed E-state index contributed by atoms with van der Waals surface area (Å²) in [4.78, 5) is 0. The van der Waals surface area contributed by atoms with Crippen LogP contribution in [0.2, 0.25) is 5.02 Å². The van der Waals surface area contributed by atoms with Crippen molar-refractivity contribution < 1.29 is 9.84 Å². The third-order valence-corrected chi connectivity index (χ3v) is 4.27. The molecule has 0 heterocycles. The van der Waals surface area contributed by atoms with Crippen LogP contribution in [0.25, 0.3) is 0 Å². The standard InChI is InChI=1S/C16H23ClO2/c1-11(2)13-9-15(12(3)8-14(13)17)19-10-16(18)6-4-5-7-16/h8-9,11,18H,4-7,10H2,1-3H3. The van der Waals surface area contributed by atoms with Gasteiger partial charge in [0.15, 0.2) is 0 Å². The molecule has 0 aromatic heterocycles. The van der Waals surface area contributed by atoms with Gasteiger partial charge in [-0.3, -0.25) is 0 Å². The van der Waals surface area contributed by atoms with Crippen LogP contribution in [-0.2, 0) is 0 Å². The molecule has 0 unspecified atom stereocenters. The third-order valence-electron chi connectivity index (χ3n) is 3.95. The van der Waals surface area contributed by atoms with Crippen molar-refractivity contribution in [2.24, 2.45) is 0 Å². The second-order valence-electron chi connectivity index (χ2n) is 6.01. The summed E-state index contributed by atoms with van der Waals surface area (Å²) < 4.78 is 5.86. The number of hydrogen-bond donors (Lipinski definition) is 1. The van der Waals surface area contributed by atoms with Gasteiger partial charge < -0.3 is 9.84 Å². The van der Waals surface area contributed by atoms with Crippen molar-refractivity contribution in [1.29, 1.82) is 0 Å². The zero-order chi connectivity index (χ0) is 14.0. The Morgan fingerprint density at radius 2 is 1.95 bits per heavy atom. The molecule has 0 amide bonds. The Bertz CT molecular complexity index is 448. The van der Waals surface area contributed by atoms with Crippen molar-refractivity contribution in [3.8, 4) is 5.75 Å². The summed E-state index contributed by atoms with van der Waals surface area (Å²) in [5.41, 5.74) is 1.49. The summed E-state index contributed by atoms with van der Waals surface area (Å²) >= 11 is 6.25. The van der Waals surface area contributed by atoms with Crippen molar-refractivity contribution in [2.45, 2.75) is 58.0 Å². The Kier molecular flexibility index (Phi) is 4.42. The van der Waals surface area contributed by atoms with Gasteiger partial charge in [0.1, 0.15) is 12.4 Å². The number of rotatable bonds is 4. The first-order chi connectivity index (χ1) is 8.91. The van der Waals surface area contributed by atoms with Crippen molar-refractivity contribution >= 4 is 11.6 Å². The SMILES string of the molecule is Cc1cc(Cl)c(C(C)C)cc1OCC1(O)CCCC1. The van der Waals surface area contributed by atoms with Gasteiger partial charge in [-0.25, -0.2) is 0 Å². The average Bonchev–Trinajstić information content (AvgIpc) is 2.75. The van der Waals surface area contributed by atoms with Crippen LogP contribution in [0, 0.1) is 6.92 Å². The topological polar surface area (TPSA) is 29.5 Å². The Balaban J connectivity index is 2.13. The molecule has 0 aliphatic heterocycles. The molecule has 3 heteroatoms. The summed E-state index contributed by atoms with van der Waals surface area (Å²) in [6.07, 6.45) is 3.88. The molecule has 0 bridgehead atoms. The Labute approximate surface area is 120 Å². The van der Waals surface area contributed by atoms with Gasteiger partial charge in [-0.05, 0) is 48.9 Å². The third kappa shape index (κ3) is 3.43. The first-order valence-electron chi connectivity index (χ1n) is 7.06. The van der Waals surface area contributed by atoms with Crippen molar-refractivity contribution in [3.05, 3.63) is 28.3 Å². The second kappa shape index (κ2) is 5.72. The molecule has 0 radical (unpaired) electrons. The summed E-state index contributed by atoms with van der Waals surface area (Å²) in [5.74, 6) is 1.21. The first-order valence-corrected chi connectivity index (χ1v) is 7.44. The lowest BCUT2D eigenvalue weighted by molar-refractivity contribution is 0.00120. The maximum Gasteiger partial charge on any atom is 0.122 e. The molecule has 2 nitrogen and oxygen atoms in total. The van der Waals surface area contributed by atoms with E-state index in [1.165, 1.54) is 0 Å². The average molecular weight is 283 g/mol. The number of aliphatic hydroxyl groups is 1. The number of ether oxygens (including phenoxy) is 1. The number of aryl methyl sites for hydroxylation is 1. The number of hydrogen-bond acceptors (Lipinski definition) is 2. The van der Waals surface area contributed by atoms with Gasteiger partial charge >= 0.3 is 0 Å². The van der Waals surface area contributed by atoms with E-state index in [-0.39, 0.29) is 0 Å². The first kappa shape index (κ1) is 14.7. The Hall–Kier alpha value is -0.730. The van der Waals surface area contributed by atoms with E-state index in [9.17, 15) is 5.11 Å². The lowest BCUT2D eigenvalue weighted by atomic mass is 10.0. The quantitative estimate of drug-likeness (QED) is 0.884. The van der Waals surface area contributed by atoms with Crippen molar-refractivity contribution in [2.75, 3.05) is 6.61 Å². The van der Waals surface area contributed by atoms with E-state index in [0.29, 0.717) is 12.5 Å². The van der Waals surface area contributed by atoms with Gasteiger partial charge in [-0.15, -0.1) is 0 Å². The summed E-state index contributed by atoms with van der Waals surface area (Å²) in [6.45, 7) is 6.60. The molecule has 1 aliphatic rings. The predicted octanol–water partition coefficient (Wildman–Crippen LogP) is 4.46. The van der Waals surface area contributed by atoms with Gasteiger partial charge in [0, 0.05) is 5.02 Å². The molecular weight excluding hydrogens is 260 g/mol. The minimum atomic E-state index is -0.635. The van der Waals surface area contributed by atoms with Crippen LogP contribution in [0.4, 0.5) is 0 Å². The van der Waals surface area contributed by atoms with Crippen LogP contribution in [0.1, 0.15) is 56.6 Å². The molecule has 1 aliphatic carbocycles. The fourth-order valence-electron chi connectivity index (χ4n) is 2.66. The molecule has 0 atom stereocenters. The minimum absolute atomic E-state index is 0.366. The van der Waals surface area contributed by atoms with Gasteiger partial charge in [0.25, 0.3) is 0 Å². The molecule has 0 spiro atoms. The summed E-state index contributed by atoms with van der Waals surface area (Å²) in [6, 6.07) is 3.96. The van der Waals surface area contributed by atoms with Crippen molar-refractivity contribution in [3.63, 3.8) is 0 Å². The van der Waals surface area contributed by atoms with E-state index in [1.807, 2.05) is 19.1 Å². The van der Waals surface area contributed by atoms with Gasteiger partial charge in [-0.1, -0.05) is 38.3 Å². The fourth-order valence-corrected chi connectivity index (χ4v) is 3.09. The zero-order valence-corrected chi connectivity index (χ0v) is 12.8. The molecule has 1 fully saturated rings. The normalized spacial score (nSPS) is 18.0. The minimum Gasteiger partial charge on any atom is -0.490 e. The molecule has 1 N–H and O–H groups in total. The highest BCUT2D eigenvalue weighted by atomic mass is 35.5. The van der Waals surface area contributed by atoms with Crippen molar-refractivity contribution in [1.82, 2.24) is 0 Å². The molecule has 106 valence electrons. The fraction of sp³-hybridized carbons (Fsp3) is 0.625. The van der Waals surface area contributed by atoms with E-state index < -0.39 is 5.60 Å². The van der Waals surface area contributed by atoms with E-state index in [0.717, 1.165) is 47.6 Å². The summed E-state index contributed by atoms with van der Waals surface area (Å²) in [5, 5.41) is 11.1. The lowest BCUT2D eigenvalue weighted by Gasteiger charge is -2.23. The highest BCUT2D eigenvalue weighted by Crippen LogP contribution is 2.34. The second-order valence-corrected chi connectivity index (χ2v) is 6.42. The van der Waals surface area contributed by atoms with Gasteiger partial charge in [0.2, 0.25) is 0 Å². The van der Waals surface area contributed by atoms with Gasteiger partial charge in [0.05, 0.1) is 5.60 Å². The zero-order valence-electron chi connectivity index (χ0n) is 12.0. The van der Waals surface area contributed by atoms with Crippen LogP contribution in [0.15, 0.2) is 12.1 Å². The molecule has 1 saturated carbocycles.